The average Bonchev–Trinajstić information content (AvgIpc) is 2.89. The fourth-order valence-corrected chi connectivity index (χ4v) is 8.56. The van der Waals surface area contributed by atoms with Gasteiger partial charge in [-0.2, -0.15) is 0 Å². The van der Waals surface area contributed by atoms with Crippen LogP contribution in [0.1, 0.15) is 39.5 Å². The molecule has 4 rings (SSSR count). The third kappa shape index (κ3) is 17.6. The van der Waals surface area contributed by atoms with Crippen molar-refractivity contribution >= 4 is 77.2 Å². The van der Waals surface area contributed by atoms with Crippen LogP contribution in [0.25, 0.3) is 41.5 Å². The summed E-state index contributed by atoms with van der Waals surface area (Å²) in [5.74, 6) is 0. The third-order valence-corrected chi connectivity index (χ3v) is 10.1. The van der Waals surface area contributed by atoms with E-state index in [1.807, 2.05) is 0 Å². The van der Waals surface area contributed by atoms with Crippen molar-refractivity contribution in [1.82, 2.24) is 0 Å². The van der Waals surface area contributed by atoms with Crippen molar-refractivity contribution in [3.8, 4) is 0 Å². The predicted octanol–water partition coefficient (Wildman–Crippen LogP) is 15.6. The molecule has 4 aromatic carbocycles. The van der Waals surface area contributed by atoms with Gasteiger partial charge in [-0.1, -0.05) is 191 Å². The summed E-state index contributed by atoms with van der Waals surface area (Å²) in [6.07, 6.45) is 5.54. The minimum atomic E-state index is -1.50. The fourth-order valence-electron chi connectivity index (χ4n) is 4.92. The zero-order chi connectivity index (χ0) is 34.8. The summed E-state index contributed by atoms with van der Waals surface area (Å²) < 4.78 is 0. The standard InChI is InChI=1S/2C16H24N2Si2.C6H14.2Zn/c2*1-19(2,3)17-14-11-7-9-13-10-8-12-15(16(13)14)18-20(4,5)6;1-3-5-6-4-2;;/h2*7-12H,1-6H3;3-6H2,1-2H3;;/q2*-2;;2*+2. The summed E-state index contributed by atoms with van der Waals surface area (Å²) >= 11 is 0. The molecule has 0 amide bonds. The molecule has 10 heteroatoms. The van der Waals surface area contributed by atoms with Gasteiger partial charge in [0.1, 0.15) is 0 Å². The largest absolute Gasteiger partial charge is 2.00 e. The Morgan fingerprint density at radius 2 is 0.583 bits per heavy atom. The van der Waals surface area contributed by atoms with Gasteiger partial charge in [0, 0.05) is 0 Å². The van der Waals surface area contributed by atoms with Crippen LogP contribution in [0.2, 0.25) is 78.6 Å². The van der Waals surface area contributed by atoms with E-state index in [-0.39, 0.29) is 39.0 Å². The molecule has 0 aliphatic rings. The smallest absolute Gasteiger partial charge is 0.687 e. The molecule has 0 aliphatic heterocycles. The molecule has 0 unspecified atom stereocenters. The van der Waals surface area contributed by atoms with Crippen molar-refractivity contribution in [3.05, 3.63) is 92.7 Å². The molecule has 0 aliphatic carbocycles. The summed E-state index contributed by atoms with van der Waals surface area (Å²) in [7, 11) is -6.01. The molecule has 0 saturated heterocycles. The molecule has 4 nitrogen and oxygen atoms in total. The molecule has 4 aromatic rings. The maximum absolute atomic E-state index is 5.00. The molecular weight excluding hydrogens is 756 g/mol. The third-order valence-electron chi connectivity index (χ3n) is 6.50. The van der Waals surface area contributed by atoms with E-state index in [0.717, 1.165) is 22.7 Å². The van der Waals surface area contributed by atoms with Gasteiger partial charge in [0.15, 0.2) is 0 Å². The van der Waals surface area contributed by atoms with Gasteiger partial charge in [-0.15, -0.1) is 22.7 Å². The van der Waals surface area contributed by atoms with Gasteiger partial charge in [-0.05, 0) is 54.5 Å². The molecular formula is C38H62N4Si4Zn2. The van der Waals surface area contributed by atoms with E-state index in [2.05, 4.69) is 165 Å². The first-order valence-electron chi connectivity index (χ1n) is 17.2. The number of benzene rings is 4. The van der Waals surface area contributed by atoms with Crippen LogP contribution in [-0.2, 0) is 39.0 Å². The van der Waals surface area contributed by atoms with Crippen molar-refractivity contribution in [3.63, 3.8) is 0 Å². The van der Waals surface area contributed by atoms with Crippen LogP contribution in [0.15, 0.2) is 72.8 Å². The number of hydrogen-bond acceptors (Lipinski definition) is 0. The van der Waals surface area contributed by atoms with Gasteiger partial charge in [0.25, 0.3) is 0 Å². The Morgan fingerprint density at radius 3 is 0.750 bits per heavy atom. The monoisotopic (exact) mass is 814 g/mol. The van der Waals surface area contributed by atoms with Crippen LogP contribution < -0.4 is 0 Å². The predicted molar refractivity (Wildman–Crippen MR) is 223 cm³/mol. The maximum Gasteiger partial charge on any atom is 2.00 e. The van der Waals surface area contributed by atoms with E-state index in [1.165, 1.54) is 47.2 Å². The van der Waals surface area contributed by atoms with Crippen molar-refractivity contribution in [2.75, 3.05) is 0 Å². The maximum atomic E-state index is 5.00. The summed E-state index contributed by atoms with van der Waals surface area (Å²) in [6.45, 7) is 31.7. The second-order valence-corrected chi connectivity index (χ2v) is 34.4. The van der Waals surface area contributed by atoms with Gasteiger partial charge in [-0.3, -0.25) is 0 Å². The van der Waals surface area contributed by atoms with Gasteiger partial charge in [0.05, 0.1) is 0 Å². The zero-order valence-corrected chi connectivity index (χ0v) is 42.9. The molecule has 0 spiro atoms. The van der Waals surface area contributed by atoms with E-state index < -0.39 is 32.9 Å². The second kappa shape index (κ2) is 20.5. The Labute approximate surface area is 324 Å². The van der Waals surface area contributed by atoms with E-state index in [0.29, 0.717) is 0 Å². The van der Waals surface area contributed by atoms with E-state index >= 15 is 0 Å². The molecule has 0 N–H and O–H groups in total. The number of unbranched alkanes of at least 4 members (excludes halogenated alkanes) is 3. The zero-order valence-electron chi connectivity index (χ0n) is 33.0. The van der Waals surface area contributed by atoms with E-state index in [9.17, 15) is 0 Å². The molecule has 0 aromatic heterocycles. The molecule has 48 heavy (non-hydrogen) atoms. The topological polar surface area (TPSA) is 56.4 Å². The molecule has 254 valence electrons. The summed E-state index contributed by atoms with van der Waals surface area (Å²) in [5, 5.41) is 4.92. The SMILES string of the molecule is CCCCCC.C[Si](C)(C)[N-]c1cccc2cccc([N-][Si](C)(C)C)c12.C[Si](C)(C)[N-]c1cccc2cccc([N-][Si](C)(C)C)c12.[Zn+2].[Zn+2]. The molecule has 0 heterocycles. The summed E-state index contributed by atoms with van der Waals surface area (Å²) in [6, 6.07) is 25.5. The first-order chi connectivity index (χ1) is 21.2. The van der Waals surface area contributed by atoms with Crippen molar-refractivity contribution in [2.45, 2.75) is 118 Å². The minimum absolute atomic E-state index is 0. The Hall–Kier alpha value is -1.29. The van der Waals surface area contributed by atoms with Gasteiger partial charge >= 0.3 is 39.0 Å². The fraction of sp³-hybridized carbons (Fsp3) is 0.474. The van der Waals surface area contributed by atoms with Gasteiger partial charge in [-0.25, -0.2) is 0 Å². The Morgan fingerprint density at radius 1 is 0.375 bits per heavy atom. The second-order valence-electron chi connectivity index (χ2n) is 16.1. The van der Waals surface area contributed by atoms with Crippen molar-refractivity contribution in [2.24, 2.45) is 0 Å². The number of nitrogens with zero attached hydrogens (tertiary/aromatic N) is 4. The van der Waals surface area contributed by atoms with Gasteiger partial charge in [0.2, 0.25) is 0 Å². The van der Waals surface area contributed by atoms with Crippen LogP contribution in [0.5, 0.6) is 0 Å². The summed E-state index contributed by atoms with van der Waals surface area (Å²) in [5.41, 5.74) is 4.44. The van der Waals surface area contributed by atoms with E-state index in [1.54, 1.807) is 0 Å². The molecule has 0 fully saturated rings. The minimum Gasteiger partial charge on any atom is -0.687 e. The Balaban J connectivity index is 0.000000761. The first kappa shape index (κ1) is 46.7. The molecule has 0 saturated carbocycles. The van der Waals surface area contributed by atoms with Gasteiger partial charge < -0.3 is 19.9 Å². The molecule has 0 bridgehead atoms. The molecule has 0 radical (unpaired) electrons. The first-order valence-corrected chi connectivity index (χ1v) is 31.0. The van der Waals surface area contributed by atoms with Crippen LogP contribution in [0.3, 0.4) is 0 Å². The average molecular weight is 818 g/mol. The van der Waals surface area contributed by atoms with Crippen molar-refractivity contribution in [1.29, 1.82) is 0 Å². The quantitative estimate of drug-likeness (QED) is 0.107. The van der Waals surface area contributed by atoms with Crippen LogP contribution >= 0.6 is 0 Å². The molecule has 0 atom stereocenters. The van der Waals surface area contributed by atoms with Crippen molar-refractivity contribution < 1.29 is 39.0 Å². The number of fused-ring (bicyclic) bond motifs is 2. The normalized spacial score (nSPS) is 11.5. The number of hydrogen-bond donors (Lipinski definition) is 0. The van der Waals surface area contributed by atoms with Crippen LogP contribution in [0, 0.1) is 0 Å². The van der Waals surface area contributed by atoms with Crippen LogP contribution in [-0.4, -0.2) is 32.9 Å². The Kier molecular flexibility index (Phi) is 20.0. The number of rotatable bonds is 11. The summed E-state index contributed by atoms with van der Waals surface area (Å²) in [4.78, 5) is 20.0. The van der Waals surface area contributed by atoms with Crippen LogP contribution in [0.4, 0.5) is 22.7 Å². The Bertz CT molecular complexity index is 1310. The van der Waals surface area contributed by atoms with E-state index in [4.69, 9.17) is 19.9 Å².